The van der Waals surface area contributed by atoms with Gasteiger partial charge in [0.2, 0.25) is 0 Å². The maximum atomic E-state index is 13.7. The Labute approximate surface area is 161 Å². The van der Waals surface area contributed by atoms with Gasteiger partial charge in [-0.3, -0.25) is 9.36 Å². The molecule has 1 amide bonds. The van der Waals surface area contributed by atoms with E-state index in [1.807, 2.05) is 0 Å². The molecule has 1 heterocycles. The average molecular weight is 414 g/mol. The third kappa shape index (κ3) is 3.62. The van der Waals surface area contributed by atoms with Crippen molar-refractivity contribution in [1.29, 1.82) is 5.26 Å². The monoisotopic (exact) mass is 414 g/mol. The Balaban J connectivity index is 2.19. The fraction of sp³-hybridized carbons (Fsp3) is 0.389. The number of aromatic nitrogens is 2. The second-order valence-corrected chi connectivity index (χ2v) is 6.65. The van der Waals surface area contributed by atoms with Crippen molar-refractivity contribution >= 4 is 22.5 Å². The molecule has 1 aliphatic carbocycles. The van der Waals surface area contributed by atoms with Gasteiger partial charge in [-0.2, -0.15) is 27.2 Å². The number of para-hydroxylation sites is 2. The van der Waals surface area contributed by atoms with Crippen LogP contribution < -0.4 is 5.32 Å². The van der Waals surface area contributed by atoms with Crippen LogP contribution in [0.15, 0.2) is 30.0 Å². The number of aliphatic hydroxyl groups excluding tert-OH is 1. The summed E-state index contributed by atoms with van der Waals surface area (Å²) in [6.07, 6.45) is -4.64. The smallest absolute Gasteiger partial charge is 0.471 e. The maximum Gasteiger partial charge on any atom is 0.471 e. The van der Waals surface area contributed by atoms with Crippen molar-refractivity contribution in [3.8, 4) is 6.07 Å². The fourth-order valence-electron chi connectivity index (χ4n) is 3.55. The molecule has 0 spiro atoms. The van der Waals surface area contributed by atoms with Crippen LogP contribution in [0.5, 0.6) is 0 Å². The van der Waals surface area contributed by atoms with Gasteiger partial charge in [-0.25, -0.2) is 4.98 Å². The third-order valence-corrected chi connectivity index (χ3v) is 4.88. The number of nitriles is 1. The highest BCUT2D eigenvalue weighted by atomic mass is 19.4. The van der Waals surface area contributed by atoms with Gasteiger partial charge in [-0.1, -0.05) is 25.0 Å². The number of carbonyl (C=O) groups excluding carboxylic acids is 1. The van der Waals surface area contributed by atoms with E-state index in [1.54, 1.807) is 11.4 Å². The zero-order chi connectivity index (χ0) is 21.4. The summed E-state index contributed by atoms with van der Waals surface area (Å²) < 4.78 is 66.1. The molecular weight excluding hydrogens is 399 g/mol. The second-order valence-electron chi connectivity index (χ2n) is 6.65. The summed E-state index contributed by atoms with van der Waals surface area (Å²) in [6, 6.07) is 7.33. The van der Waals surface area contributed by atoms with E-state index < -0.39 is 41.3 Å². The minimum atomic E-state index is -5.21. The lowest BCUT2D eigenvalue weighted by Crippen LogP contribution is -2.52. The number of imidazole rings is 1. The van der Waals surface area contributed by atoms with E-state index in [-0.39, 0.29) is 23.9 Å². The molecule has 0 aliphatic heterocycles. The first kappa shape index (κ1) is 20.6. The van der Waals surface area contributed by atoms with Gasteiger partial charge in [0, 0.05) is 0 Å². The number of nitrogens with one attached hydrogen (secondary N) is 1. The average Bonchev–Trinajstić information content (AvgIpc) is 3.26. The summed E-state index contributed by atoms with van der Waals surface area (Å²) in [6.45, 7) is -3.13. The first-order valence-corrected chi connectivity index (χ1v) is 8.59. The molecule has 29 heavy (non-hydrogen) atoms. The molecule has 11 heteroatoms. The van der Waals surface area contributed by atoms with Gasteiger partial charge < -0.3 is 10.4 Å². The van der Waals surface area contributed by atoms with Gasteiger partial charge in [0.25, 0.3) is 0 Å². The summed E-state index contributed by atoms with van der Waals surface area (Å²) in [5.41, 5.74) is -2.50. The summed E-state index contributed by atoms with van der Waals surface area (Å²) in [4.78, 5) is 15.5. The lowest BCUT2D eigenvalue weighted by atomic mass is 9.91. The Morgan fingerprint density at radius 2 is 1.90 bits per heavy atom. The summed E-state index contributed by atoms with van der Waals surface area (Å²) in [5.74, 6) is -3.79. The normalized spacial score (nSPS) is 17.3. The van der Waals surface area contributed by atoms with Crippen molar-refractivity contribution in [2.45, 2.75) is 43.9 Å². The SMILES string of the molecule is N#C/C(=C(/O)C1(NC(=O)C(F)(F)F)CCCC1)c1nc2ccccc2n1C(F)F. The fourth-order valence-corrected chi connectivity index (χ4v) is 3.55. The highest BCUT2D eigenvalue weighted by Crippen LogP contribution is 2.39. The molecule has 0 bridgehead atoms. The van der Waals surface area contributed by atoms with E-state index in [2.05, 4.69) is 4.98 Å². The largest absolute Gasteiger partial charge is 0.508 e. The van der Waals surface area contributed by atoms with Crippen LogP contribution in [0, 0.1) is 11.3 Å². The van der Waals surface area contributed by atoms with Gasteiger partial charge in [-0.15, -0.1) is 0 Å². The quantitative estimate of drug-likeness (QED) is 0.445. The number of benzene rings is 1. The van der Waals surface area contributed by atoms with Crippen LogP contribution in [0.4, 0.5) is 22.0 Å². The molecule has 154 valence electrons. The van der Waals surface area contributed by atoms with E-state index in [9.17, 15) is 37.1 Å². The Bertz CT molecular complexity index is 1010. The Morgan fingerprint density at radius 1 is 1.28 bits per heavy atom. The molecule has 3 rings (SSSR count). The molecule has 1 aliphatic rings. The van der Waals surface area contributed by atoms with E-state index >= 15 is 0 Å². The number of carbonyl (C=O) groups is 1. The van der Waals surface area contributed by atoms with Crippen LogP contribution in [-0.4, -0.2) is 32.3 Å². The molecule has 6 nitrogen and oxygen atoms in total. The zero-order valence-corrected chi connectivity index (χ0v) is 14.8. The van der Waals surface area contributed by atoms with Crippen LogP contribution in [0.25, 0.3) is 16.6 Å². The van der Waals surface area contributed by atoms with Crippen molar-refractivity contribution in [1.82, 2.24) is 14.9 Å². The lowest BCUT2D eigenvalue weighted by Gasteiger charge is -2.30. The van der Waals surface area contributed by atoms with Crippen LogP contribution in [-0.2, 0) is 4.79 Å². The Morgan fingerprint density at radius 3 is 2.45 bits per heavy atom. The van der Waals surface area contributed by atoms with E-state index in [1.165, 1.54) is 24.3 Å². The summed E-state index contributed by atoms with van der Waals surface area (Å²) >= 11 is 0. The first-order chi connectivity index (χ1) is 13.6. The highest BCUT2D eigenvalue weighted by molar-refractivity contribution is 5.86. The standard InChI is InChI=1S/C18H15F5N4O2/c19-16(20)27-12-6-2-1-5-11(12)25-14(27)10(9-24)13(28)17(7-3-4-8-17)26-15(29)18(21,22)23/h1-2,5-6,16,28H,3-4,7-8H2,(H,26,29)/b13-10-. The number of alkyl halides is 5. The minimum Gasteiger partial charge on any atom is -0.508 e. The molecule has 0 saturated heterocycles. The van der Waals surface area contributed by atoms with Crippen molar-refractivity contribution in [3.63, 3.8) is 0 Å². The number of halogens is 5. The van der Waals surface area contributed by atoms with Gasteiger partial charge in [0.1, 0.15) is 17.4 Å². The highest BCUT2D eigenvalue weighted by Gasteiger charge is 2.48. The molecule has 1 fully saturated rings. The van der Waals surface area contributed by atoms with Crippen molar-refractivity contribution in [3.05, 3.63) is 35.8 Å². The molecule has 0 radical (unpaired) electrons. The number of aliphatic hydroxyl groups is 1. The Hall–Kier alpha value is -3.16. The Kier molecular flexibility index (Phi) is 5.21. The number of hydrogen-bond acceptors (Lipinski definition) is 4. The molecule has 0 atom stereocenters. The topological polar surface area (TPSA) is 90.9 Å². The van der Waals surface area contributed by atoms with Crippen LogP contribution in [0.3, 0.4) is 0 Å². The van der Waals surface area contributed by atoms with Crippen LogP contribution in [0.1, 0.15) is 38.1 Å². The summed E-state index contributed by atoms with van der Waals surface area (Å²) in [7, 11) is 0. The number of rotatable bonds is 4. The molecule has 2 aromatic rings. The number of fused-ring (bicyclic) bond motifs is 1. The van der Waals surface area contributed by atoms with Crippen molar-refractivity contribution < 1.29 is 31.9 Å². The molecule has 1 aromatic heterocycles. The number of nitrogens with zero attached hydrogens (tertiary/aromatic N) is 3. The van der Waals surface area contributed by atoms with Gasteiger partial charge in [0.15, 0.2) is 5.82 Å². The molecule has 2 N–H and O–H groups in total. The second kappa shape index (κ2) is 7.35. The molecule has 1 saturated carbocycles. The van der Waals surface area contributed by atoms with Crippen LogP contribution >= 0.6 is 0 Å². The van der Waals surface area contributed by atoms with Crippen molar-refractivity contribution in [2.24, 2.45) is 0 Å². The van der Waals surface area contributed by atoms with E-state index in [0.29, 0.717) is 17.4 Å². The van der Waals surface area contributed by atoms with E-state index in [0.717, 1.165) is 0 Å². The molecule has 0 unspecified atom stereocenters. The molecular formula is C18H15F5N4O2. The van der Waals surface area contributed by atoms with Gasteiger partial charge in [0.05, 0.1) is 16.6 Å². The third-order valence-electron chi connectivity index (χ3n) is 4.88. The zero-order valence-electron chi connectivity index (χ0n) is 14.8. The van der Waals surface area contributed by atoms with E-state index in [4.69, 9.17) is 0 Å². The van der Waals surface area contributed by atoms with Crippen molar-refractivity contribution in [2.75, 3.05) is 0 Å². The predicted octanol–water partition coefficient (Wildman–Crippen LogP) is 4.22. The predicted molar refractivity (Wildman–Crippen MR) is 91.5 cm³/mol. The maximum absolute atomic E-state index is 13.7. The lowest BCUT2D eigenvalue weighted by molar-refractivity contribution is -0.175. The minimum absolute atomic E-state index is 0.0159. The number of allylic oxidation sites excluding steroid dienone is 1. The number of hydrogen-bond donors (Lipinski definition) is 2. The number of amides is 1. The van der Waals surface area contributed by atoms with Gasteiger partial charge in [-0.05, 0) is 25.0 Å². The van der Waals surface area contributed by atoms with Gasteiger partial charge >= 0.3 is 18.6 Å². The molecule has 1 aromatic carbocycles. The summed E-state index contributed by atoms with van der Waals surface area (Å²) in [5, 5.41) is 22.0. The first-order valence-electron chi connectivity index (χ1n) is 8.59. The van der Waals surface area contributed by atoms with Crippen LogP contribution in [0.2, 0.25) is 0 Å².